The number of benzene rings is 1. The number of aromatic nitrogens is 2. The maximum Gasteiger partial charge on any atom is 0.397 e. The van der Waals surface area contributed by atoms with E-state index in [9.17, 15) is 31.5 Å². The van der Waals surface area contributed by atoms with Crippen LogP contribution in [0, 0.1) is 11.6 Å². The topological polar surface area (TPSA) is 120 Å². The molecular weight excluding hydrogens is 443 g/mol. The van der Waals surface area contributed by atoms with Gasteiger partial charge in [-0.1, -0.05) is 0 Å². The molecule has 0 aliphatic carbocycles. The van der Waals surface area contributed by atoms with E-state index in [2.05, 4.69) is 15.3 Å². The minimum Gasteiger partial charge on any atom is -0.493 e. The third-order valence-electron chi connectivity index (χ3n) is 4.01. The molecule has 2 aromatic heterocycles. The Morgan fingerprint density at radius 3 is 2.56 bits per heavy atom. The second kappa shape index (κ2) is 8.61. The van der Waals surface area contributed by atoms with Gasteiger partial charge in [0, 0.05) is 11.9 Å². The molecule has 0 unspecified atom stereocenters. The number of amides is 2. The lowest BCUT2D eigenvalue weighted by Crippen LogP contribution is -2.17. The molecule has 0 fully saturated rings. The van der Waals surface area contributed by atoms with Gasteiger partial charge in [-0.25, -0.2) is 9.37 Å². The maximum atomic E-state index is 14.1. The SMILES string of the molecule is COc1c(-c2oc(CC(F)(F)F)nc2C(=O)Nc2ccnc(C(N)=O)c2)ccc(F)c1F. The molecule has 13 heteroatoms. The molecule has 8 nitrogen and oxygen atoms in total. The molecule has 32 heavy (non-hydrogen) atoms. The molecule has 3 aromatic rings. The highest BCUT2D eigenvalue weighted by Gasteiger charge is 2.34. The van der Waals surface area contributed by atoms with Crippen LogP contribution < -0.4 is 15.8 Å². The predicted octanol–water partition coefficient (Wildman–Crippen LogP) is 3.48. The number of oxazole rings is 1. The van der Waals surface area contributed by atoms with Gasteiger partial charge in [-0.3, -0.25) is 14.6 Å². The van der Waals surface area contributed by atoms with Crippen molar-refractivity contribution in [1.82, 2.24) is 9.97 Å². The molecule has 0 saturated carbocycles. The summed E-state index contributed by atoms with van der Waals surface area (Å²) in [5, 5.41) is 2.30. The lowest BCUT2D eigenvalue weighted by Gasteiger charge is -2.09. The van der Waals surface area contributed by atoms with E-state index in [0.717, 1.165) is 25.4 Å². The van der Waals surface area contributed by atoms with E-state index < -0.39 is 59.1 Å². The van der Waals surface area contributed by atoms with Gasteiger partial charge in [0.15, 0.2) is 23.0 Å². The first-order valence-corrected chi connectivity index (χ1v) is 8.66. The van der Waals surface area contributed by atoms with Gasteiger partial charge in [-0.15, -0.1) is 0 Å². The number of rotatable bonds is 6. The minimum atomic E-state index is -4.73. The summed E-state index contributed by atoms with van der Waals surface area (Å²) in [4.78, 5) is 31.3. The number of anilines is 1. The van der Waals surface area contributed by atoms with Crippen molar-refractivity contribution in [1.29, 1.82) is 0 Å². The molecule has 2 heterocycles. The first-order valence-electron chi connectivity index (χ1n) is 8.66. The van der Waals surface area contributed by atoms with Crippen molar-refractivity contribution in [3.8, 4) is 17.1 Å². The van der Waals surface area contributed by atoms with Gasteiger partial charge in [0.1, 0.15) is 12.1 Å². The smallest absolute Gasteiger partial charge is 0.397 e. The van der Waals surface area contributed by atoms with Gasteiger partial charge in [0.05, 0.1) is 12.7 Å². The number of nitrogens with two attached hydrogens (primary N) is 1. The summed E-state index contributed by atoms with van der Waals surface area (Å²) in [6.45, 7) is 0. The molecule has 168 valence electrons. The fourth-order valence-electron chi connectivity index (χ4n) is 2.69. The van der Waals surface area contributed by atoms with Gasteiger partial charge in [0.2, 0.25) is 11.7 Å². The average Bonchev–Trinajstić information content (AvgIpc) is 3.12. The summed E-state index contributed by atoms with van der Waals surface area (Å²) in [5.74, 6) is -6.85. The predicted molar refractivity (Wildman–Crippen MR) is 98.9 cm³/mol. The normalized spacial score (nSPS) is 11.3. The van der Waals surface area contributed by atoms with Crippen molar-refractivity contribution >= 4 is 17.5 Å². The van der Waals surface area contributed by atoms with Crippen LogP contribution in [0.15, 0.2) is 34.9 Å². The van der Waals surface area contributed by atoms with Crippen molar-refractivity contribution in [3.63, 3.8) is 0 Å². The van der Waals surface area contributed by atoms with Crippen LogP contribution in [0.4, 0.5) is 27.6 Å². The highest BCUT2D eigenvalue weighted by Crippen LogP contribution is 2.37. The van der Waals surface area contributed by atoms with Crippen molar-refractivity contribution in [2.24, 2.45) is 5.73 Å². The van der Waals surface area contributed by atoms with E-state index in [1.807, 2.05) is 0 Å². The van der Waals surface area contributed by atoms with E-state index in [-0.39, 0.29) is 16.9 Å². The fourth-order valence-corrected chi connectivity index (χ4v) is 2.69. The number of ether oxygens (including phenoxy) is 1. The van der Waals surface area contributed by atoms with Gasteiger partial charge in [-0.05, 0) is 24.3 Å². The zero-order valence-corrected chi connectivity index (χ0v) is 16.1. The van der Waals surface area contributed by atoms with E-state index >= 15 is 0 Å². The summed E-state index contributed by atoms with van der Waals surface area (Å²) in [6.07, 6.45) is -5.19. The first-order chi connectivity index (χ1) is 15.0. The maximum absolute atomic E-state index is 14.1. The Bertz CT molecular complexity index is 1190. The number of carbonyl (C=O) groups excluding carboxylic acids is 2. The number of nitrogens with zero attached hydrogens (tertiary/aromatic N) is 2. The van der Waals surface area contributed by atoms with E-state index in [1.54, 1.807) is 0 Å². The van der Waals surface area contributed by atoms with Crippen LogP contribution in [0.2, 0.25) is 0 Å². The number of hydrogen-bond acceptors (Lipinski definition) is 6. The van der Waals surface area contributed by atoms with Crippen molar-refractivity contribution in [2.75, 3.05) is 12.4 Å². The first kappa shape index (κ1) is 22.7. The van der Waals surface area contributed by atoms with Gasteiger partial charge < -0.3 is 20.2 Å². The Morgan fingerprint density at radius 2 is 1.94 bits per heavy atom. The summed E-state index contributed by atoms with van der Waals surface area (Å²) < 4.78 is 76.1. The number of halogens is 5. The molecule has 0 atom stereocenters. The highest BCUT2D eigenvalue weighted by atomic mass is 19.4. The Hall–Kier alpha value is -4.03. The summed E-state index contributed by atoms with van der Waals surface area (Å²) >= 11 is 0. The third-order valence-corrected chi connectivity index (χ3v) is 4.01. The largest absolute Gasteiger partial charge is 0.493 e. The van der Waals surface area contributed by atoms with Crippen LogP contribution in [0.3, 0.4) is 0 Å². The van der Waals surface area contributed by atoms with Crippen molar-refractivity contribution in [2.45, 2.75) is 12.6 Å². The summed E-state index contributed by atoms with van der Waals surface area (Å²) in [5.41, 5.74) is 3.94. The van der Waals surface area contributed by atoms with Gasteiger partial charge >= 0.3 is 6.18 Å². The van der Waals surface area contributed by atoms with Crippen LogP contribution >= 0.6 is 0 Å². The average molecular weight is 456 g/mol. The molecule has 3 rings (SSSR count). The van der Waals surface area contributed by atoms with Crippen LogP contribution in [0.1, 0.15) is 26.9 Å². The molecule has 0 bridgehead atoms. The Kier molecular flexibility index (Phi) is 6.09. The van der Waals surface area contributed by atoms with Crippen molar-refractivity contribution < 1.29 is 40.7 Å². The summed E-state index contributed by atoms with van der Waals surface area (Å²) in [7, 11) is 0.996. The number of primary amides is 1. The van der Waals surface area contributed by atoms with Crippen LogP contribution in [-0.2, 0) is 6.42 Å². The zero-order valence-electron chi connectivity index (χ0n) is 16.1. The number of hydrogen-bond donors (Lipinski definition) is 2. The Morgan fingerprint density at radius 1 is 1.22 bits per heavy atom. The summed E-state index contributed by atoms with van der Waals surface area (Å²) in [6, 6.07) is 4.04. The highest BCUT2D eigenvalue weighted by molar-refractivity contribution is 6.07. The van der Waals surface area contributed by atoms with Crippen molar-refractivity contribution in [3.05, 3.63) is 59.4 Å². The van der Waals surface area contributed by atoms with Gasteiger partial charge in [0.25, 0.3) is 11.8 Å². The third kappa shape index (κ3) is 4.82. The van der Waals surface area contributed by atoms with Gasteiger partial charge in [-0.2, -0.15) is 17.6 Å². The molecule has 3 N–H and O–H groups in total. The minimum absolute atomic E-state index is 0.0161. The monoisotopic (exact) mass is 456 g/mol. The molecule has 0 saturated heterocycles. The quantitative estimate of drug-likeness (QED) is 0.548. The second-order valence-electron chi connectivity index (χ2n) is 6.27. The van der Waals surface area contributed by atoms with E-state index in [1.165, 1.54) is 6.07 Å². The van der Waals surface area contributed by atoms with Crippen LogP contribution in [0.25, 0.3) is 11.3 Å². The lowest BCUT2D eigenvalue weighted by atomic mass is 10.1. The molecule has 0 spiro atoms. The number of nitrogens with one attached hydrogen (secondary N) is 1. The number of carbonyl (C=O) groups is 2. The molecule has 1 aromatic carbocycles. The van der Waals surface area contributed by atoms with E-state index in [0.29, 0.717) is 6.07 Å². The van der Waals surface area contributed by atoms with E-state index in [4.69, 9.17) is 14.9 Å². The number of alkyl halides is 3. The second-order valence-corrected chi connectivity index (χ2v) is 6.27. The van der Waals surface area contributed by atoms with Crippen LogP contribution in [-0.4, -0.2) is 35.1 Å². The fraction of sp³-hybridized carbons (Fsp3) is 0.158. The molecule has 0 aliphatic heterocycles. The molecule has 0 radical (unpaired) electrons. The molecular formula is C19H13F5N4O4. The molecule has 2 amide bonds. The number of pyridine rings is 1. The Balaban J connectivity index is 2.09. The Labute approximate surface area is 176 Å². The molecule has 0 aliphatic rings. The zero-order chi connectivity index (χ0) is 23.6. The number of methoxy groups -OCH3 is 1. The standard InChI is InChI=1S/C19H13F5N4O4/c1-31-15-9(2-3-10(20)13(15)21)16-14(28-12(32-16)7-19(22,23)24)18(30)27-8-4-5-26-11(6-8)17(25)29/h2-6H,7H2,1H3,(H2,25,29)(H,26,27,30). The lowest BCUT2D eigenvalue weighted by molar-refractivity contribution is -0.130. The van der Waals surface area contributed by atoms with Crippen LogP contribution in [0.5, 0.6) is 5.75 Å².